The maximum atomic E-state index is 13.2. The van der Waals surface area contributed by atoms with Gasteiger partial charge < -0.3 is 10.8 Å². The summed E-state index contributed by atoms with van der Waals surface area (Å²) in [5.41, 5.74) is 7.00. The van der Waals surface area contributed by atoms with Gasteiger partial charge in [-0.25, -0.2) is 4.39 Å². The molecule has 1 atom stereocenters. The number of hydrogen-bond donors (Lipinski definition) is 2. The summed E-state index contributed by atoms with van der Waals surface area (Å²) < 4.78 is 14.0. The minimum absolute atomic E-state index is 0.293. The van der Waals surface area contributed by atoms with Crippen LogP contribution in [0, 0.1) is 5.82 Å². The molecule has 2 aromatic carbocycles. The van der Waals surface area contributed by atoms with Crippen LogP contribution in [-0.2, 0) is 0 Å². The molecule has 0 spiro atoms. The van der Waals surface area contributed by atoms with Gasteiger partial charge in [0, 0.05) is 26.3 Å². The van der Waals surface area contributed by atoms with Crippen molar-refractivity contribution in [2.24, 2.45) is 0 Å². The molecule has 0 fully saturated rings. The minimum Gasteiger partial charge on any atom is -0.398 e. The molecule has 0 aliphatic heterocycles. The number of halogens is 3. The number of nitrogens with two attached hydrogens (primary N) is 1. The first kappa shape index (κ1) is 13.3. The highest BCUT2D eigenvalue weighted by Gasteiger charge is 2.17. The number of benzene rings is 2. The standard InChI is InChI=1S/C13H10BrClFNO/c14-7-1-4-12(17)10(5-7)13(18)9-6-8(16)2-3-11(9)15/h1-6,13,18H,17H2. The van der Waals surface area contributed by atoms with Gasteiger partial charge in [-0.05, 0) is 36.4 Å². The smallest absolute Gasteiger partial charge is 0.123 e. The van der Waals surface area contributed by atoms with Crippen molar-refractivity contribution in [1.82, 2.24) is 0 Å². The molecular weight excluding hydrogens is 321 g/mol. The Morgan fingerprint density at radius 2 is 1.89 bits per heavy atom. The summed E-state index contributed by atoms with van der Waals surface area (Å²) in [7, 11) is 0. The predicted molar refractivity (Wildman–Crippen MR) is 74.0 cm³/mol. The molecule has 0 aliphatic carbocycles. The zero-order chi connectivity index (χ0) is 13.3. The Hall–Kier alpha value is -1.10. The molecular formula is C13H10BrClFNO. The monoisotopic (exact) mass is 329 g/mol. The van der Waals surface area contributed by atoms with Gasteiger partial charge in [0.1, 0.15) is 11.9 Å². The average molecular weight is 331 g/mol. The molecule has 2 rings (SSSR count). The summed E-state index contributed by atoms with van der Waals surface area (Å²) in [6.45, 7) is 0. The van der Waals surface area contributed by atoms with E-state index in [-0.39, 0.29) is 0 Å². The van der Waals surface area contributed by atoms with E-state index in [2.05, 4.69) is 15.9 Å². The summed E-state index contributed by atoms with van der Waals surface area (Å²) in [6.07, 6.45) is -1.06. The second-order valence-corrected chi connectivity index (χ2v) is 5.16. The number of anilines is 1. The second-order valence-electron chi connectivity index (χ2n) is 3.84. The van der Waals surface area contributed by atoms with Gasteiger partial charge in [-0.3, -0.25) is 0 Å². The molecule has 0 bridgehead atoms. The lowest BCUT2D eigenvalue weighted by Crippen LogP contribution is -2.05. The van der Waals surface area contributed by atoms with Crippen LogP contribution in [0.15, 0.2) is 40.9 Å². The maximum Gasteiger partial charge on any atom is 0.123 e. The molecule has 1 unspecified atom stereocenters. The van der Waals surface area contributed by atoms with E-state index in [1.165, 1.54) is 18.2 Å². The molecule has 0 saturated carbocycles. The second kappa shape index (κ2) is 5.26. The van der Waals surface area contributed by atoms with Gasteiger partial charge in [0.05, 0.1) is 0 Å². The summed E-state index contributed by atoms with van der Waals surface area (Å²) in [5, 5.41) is 10.5. The van der Waals surface area contributed by atoms with Crippen LogP contribution in [0.4, 0.5) is 10.1 Å². The van der Waals surface area contributed by atoms with E-state index in [1.807, 2.05) is 0 Å². The van der Waals surface area contributed by atoms with Gasteiger partial charge in [-0.2, -0.15) is 0 Å². The van der Waals surface area contributed by atoms with Crippen LogP contribution in [0.5, 0.6) is 0 Å². The first-order valence-electron chi connectivity index (χ1n) is 5.17. The van der Waals surface area contributed by atoms with Crippen molar-refractivity contribution in [2.75, 3.05) is 5.73 Å². The zero-order valence-electron chi connectivity index (χ0n) is 9.20. The van der Waals surface area contributed by atoms with Gasteiger partial charge in [0.25, 0.3) is 0 Å². The Morgan fingerprint density at radius 1 is 1.17 bits per heavy atom. The number of aliphatic hydroxyl groups excluding tert-OH is 1. The molecule has 94 valence electrons. The Bertz CT molecular complexity index is 540. The van der Waals surface area contributed by atoms with Gasteiger partial charge in [-0.1, -0.05) is 27.5 Å². The van der Waals surface area contributed by atoms with Crippen molar-refractivity contribution in [1.29, 1.82) is 0 Å². The Labute approximate surface area is 117 Å². The van der Waals surface area contributed by atoms with E-state index in [0.717, 1.165) is 4.47 Å². The fraction of sp³-hybridized carbons (Fsp3) is 0.0769. The van der Waals surface area contributed by atoms with Crippen LogP contribution in [-0.4, -0.2) is 5.11 Å². The molecule has 0 amide bonds. The van der Waals surface area contributed by atoms with Crippen LogP contribution in [0.3, 0.4) is 0 Å². The third-order valence-corrected chi connectivity index (χ3v) is 3.43. The van der Waals surface area contributed by atoms with Crippen LogP contribution in [0.1, 0.15) is 17.2 Å². The highest BCUT2D eigenvalue weighted by molar-refractivity contribution is 9.10. The summed E-state index contributed by atoms with van der Waals surface area (Å²) in [6, 6.07) is 8.95. The Balaban J connectivity index is 2.50. The summed E-state index contributed by atoms with van der Waals surface area (Å²) in [4.78, 5) is 0. The van der Waals surface area contributed by atoms with Gasteiger partial charge in [0.2, 0.25) is 0 Å². The number of nitrogen functional groups attached to an aromatic ring is 1. The van der Waals surface area contributed by atoms with Gasteiger partial charge in [-0.15, -0.1) is 0 Å². The van der Waals surface area contributed by atoms with Crippen molar-refractivity contribution in [2.45, 2.75) is 6.10 Å². The van der Waals surface area contributed by atoms with E-state index < -0.39 is 11.9 Å². The fourth-order valence-electron chi connectivity index (χ4n) is 1.67. The van der Waals surface area contributed by atoms with Crippen molar-refractivity contribution in [3.63, 3.8) is 0 Å². The largest absolute Gasteiger partial charge is 0.398 e. The molecule has 0 aliphatic rings. The van der Waals surface area contributed by atoms with E-state index in [0.29, 0.717) is 21.8 Å². The van der Waals surface area contributed by atoms with Crippen molar-refractivity contribution >= 4 is 33.2 Å². The quantitative estimate of drug-likeness (QED) is 0.820. The average Bonchev–Trinajstić information content (AvgIpc) is 2.34. The molecule has 2 aromatic rings. The molecule has 0 heterocycles. The SMILES string of the molecule is Nc1ccc(Br)cc1C(O)c1cc(F)ccc1Cl. The van der Waals surface area contributed by atoms with Crippen LogP contribution in [0.2, 0.25) is 5.02 Å². The predicted octanol–water partition coefficient (Wildman–Crippen LogP) is 3.91. The highest BCUT2D eigenvalue weighted by Crippen LogP contribution is 2.33. The Kier molecular flexibility index (Phi) is 3.90. The van der Waals surface area contributed by atoms with E-state index in [4.69, 9.17) is 17.3 Å². The lowest BCUT2D eigenvalue weighted by atomic mass is 10.00. The lowest BCUT2D eigenvalue weighted by Gasteiger charge is -2.15. The fourth-order valence-corrected chi connectivity index (χ4v) is 2.27. The van der Waals surface area contributed by atoms with Crippen LogP contribution >= 0.6 is 27.5 Å². The third kappa shape index (κ3) is 2.66. The molecule has 0 radical (unpaired) electrons. The third-order valence-electron chi connectivity index (χ3n) is 2.60. The lowest BCUT2D eigenvalue weighted by molar-refractivity contribution is 0.220. The summed E-state index contributed by atoms with van der Waals surface area (Å²) in [5.74, 6) is -0.456. The number of rotatable bonds is 2. The Morgan fingerprint density at radius 3 is 2.61 bits per heavy atom. The summed E-state index contributed by atoms with van der Waals surface area (Å²) >= 11 is 9.25. The highest BCUT2D eigenvalue weighted by atomic mass is 79.9. The van der Waals surface area contributed by atoms with E-state index >= 15 is 0 Å². The zero-order valence-corrected chi connectivity index (χ0v) is 11.5. The number of aliphatic hydroxyl groups is 1. The molecule has 5 heteroatoms. The van der Waals surface area contributed by atoms with Gasteiger partial charge >= 0.3 is 0 Å². The van der Waals surface area contributed by atoms with E-state index in [1.54, 1.807) is 18.2 Å². The molecule has 0 saturated heterocycles. The van der Waals surface area contributed by atoms with Crippen molar-refractivity contribution in [3.05, 3.63) is 62.8 Å². The molecule has 18 heavy (non-hydrogen) atoms. The first-order valence-corrected chi connectivity index (χ1v) is 6.34. The minimum atomic E-state index is -1.06. The van der Waals surface area contributed by atoms with Crippen molar-refractivity contribution < 1.29 is 9.50 Å². The van der Waals surface area contributed by atoms with Crippen molar-refractivity contribution in [3.8, 4) is 0 Å². The van der Waals surface area contributed by atoms with E-state index in [9.17, 15) is 9.50 Å². The normalized spacial score (nSPS) is 12.4. The first-order chi connectivity index (χ1) is 8.49. The van der Waals surface area contributed by atoms with Gasteiger partial charge in [0.15, 0.2) is 0 Å². The maximum absolute atomic E-state index is 13.2. The molecule has 2 nitrogen and oxygen atoms in total. The van der Waals surface area contributed by atoms with Crippen LogP contribution < -0.4 is 5.73 Å². The molecule has 0 aromatic heterocycles. The number of hydrogen-bond acceptors (Lipinski definition) is 2. The molecule has 3 N–H and O–H groups in total. The topological polar surface area (TPSA) is 46.2 Å². The van der Waals surface area contributed by atoms with Crippen LogP contribution in [0.25, 0.3) is 0 Å².